The van der Waals surface area contributed by atoms with Gasteiger partial charge in [-0.3, -0.25) is 0 Å². The summed E-state index contributed by atoms with van der Waals surface area (Å²) < 4.78 is 19.2. The van der Waals surface area contributed by atoms with Gasteiger partial charge in [0, 0.05) is 30.6 Å². The molecule has 5 nitrogen and oxygen atoms in total. The average Bonchev–Trinajstić information content (AvgIpc) is 2.91. The van der Waals surface area contributed by atoms with Crippen molar-refractivity contribution in [3.8, 4) is 0 Å². The third-order valence-corrected chi connectivity index (χ3v) is 4.73. The number of aryl methyl sites for hydroxylation is 1. The summed E-state index contributed by atoms with van der Waals surface area (Å²) in [6.45, 7) is 5.09. The van der Waals surface area contributed by atoms with Crippen molar-refractivity contribution in [3.63, 3.8) is 0 Å². The lowest BCUT2D eigenvalue weighted by molar-refractivity contribution is 0.127. The van der Waals surface area contributed by atoms with Crippen LogP contribution in [0.1, 0.15) is 37.1 Å². The molecule has 0 radical (unpaired) electrons. The zero-order valence-electron chi connectivity index (χ0n) is 14.0. The molecular weight excluding hydrogens is 311 g/mol. The number of rotatable bonds is 3. The molecule has 1 saturated heterocycles. The number of likely N-dealkylation sites (tertiary alicyclic amines) is 1. The highest BCUT2D eigenvalue weighted by Gasteiger charge is 2.25. The molecule has 0 saturated carbocycles. The monoisotopic (exact) mass is 334 g/mol. The summed E-state index contributed by atoms with van der Waals surface area (Å²) in [5, 5.41) is 13.0. The number of carbonyl (C=O) groups excluding carboxylic acids is 1. The Morgan fingerprint density at radius 3 is 3.08 bits per heavy atom. The first kappa shape index (κ1) is 16.8. The van der Waals surface area contributed by atoms with Crippen LogP contribution in [0.5, 0.6) is 0 Å². The molecule has 2 heterocycles. The number of halogens is 1. The second kappa shape index (κ2) is 6.81. The van der Waals surface area contributed by atoms with Crippen molar-refractivity contribution >= 4 is 17.0 Å². The number of aliphatic hydroxyl groups excluding tert-OH is 1. The van der Waals surface area contributed by atoms with Gasteiger partial charge in [-0.25, -0.2) is 9.18 Å². The first-order valence-corrected chi connectivity index (χ1v) is 8.34. The van der Waals surface area contributed by atoms with Gasteiger partial charge in [-0.1, -0.05) is 0 Å². The summed E-state index contributed by atoms with van der Waals surface area (Å²) in [4.78, 5) is 14.2. The Balaban J connectivity index is 1.73. The van der Waals surface area contributed by atoms with Gasteiger partial charge < -0.3 is 19.7 Å². The number of fused-ring (bicyclic) bond motifs is 1. The van der Waals surface area contributed by atoms with Crippen LogP contribution >= 0.6 is 0 Å². The number of hydrogen-bond donors (Lipinski definition) is 2. The molecule has 6 heteroatoms. The maximum atomic E-state index is 13.4. The minimum absolute atomic E-state index is 0.105. The largest absolute Gasteiger partial charge is 0.459 e. The van der Waals surface area contributed by atoms with E-state index in [1.165, 1.54) is 12.1 Å². The van der Waals surface area contributed by atoms with E-state index in [1.54, 1.807) is 11.0 Å². The molecule has 2 aromatic rings. The first-order valence-electron chi connectivity index (χ1n) is 8.34. The van der Waals surface area contributed by atoms with Gasteiger partial charge in [0.25, 0.3) is 0 Å². The molecule has 1 aromatic heterocycles. The number of amides is 2. The zero-order valence-corrected chi connectivity index (χ0v) is 14.0. The number of aliphatic hydroxyl groups is 1. The summed E-state index contributed by atoms with van der Waals surface area (Å²) in [6, 6.07) is 3.94. The summed E-state index contributed by atoms with van der Waals surface area (Å²) in [7, 11) is 0. The third-order valence-electron chi connectivity index (χ3n) is 4.73. The first-order chi connectivity index (χ1) is 11.5. The van der Waals surface area contributed by atoms with Crippen LogP contribution in [0.15, 0.2) is 22.6 Å². The Morgan fingerprint density at radius 2 is 2.33 bits per heavy atom. The highest BCUT2D eigenvalue weighted by Crippen LogP contribution is 2.30. The van der Waals surface area contributed by atoms with Crippen LogP contribution in [0.2, 0.25) is 0 Å². The number of carbonyl (C=O) groups is 1. The second-order valence-corrected chi connectivity index (χ2v) is 6.54. The van der Waals surface area contributed by atoms with Crippen LogP contribution < -0.4 is 5.32 Å². The molecule has 2 atom stereocenters. The fourth-order valence-electron chi connectivity index (χ4n) is 3.37. The fraction of sp³-hybridized carbons (Fsp3) is 0.500. The van der Waals surface area contributed by atoms with Crippen LogP contribution in [0, 0.1) is 18.7 Å². The molecule has 0 spiro atoms. The number of nitrogens with one attached hydrogen (secondary N) is 1. The van der Waals surface area contributed by atoms with Crippen LogP contribution in [-0.4, -0.2) is 35.7 Å². The van der Waals surface area contributed by atoms with Crippen LogP contribution in [0.3, 0.4) is 0 Å². The van der Waals surface area contributed by atoms with Gasteiger partial charge in [-0.05, 0) is 50.8 Å². The van der Waals surface area contributed by atoms with Crippen molar-refractivity contribution < 1.29 is 18.7 Å². The third kappa shape index (κ3) is 3.24. The van der Waals surface area contributed by atoms with Gasteiger partial charge in [0.2, 0.25) is 0 Å². The molecule has 1 fully saturated rings. The smallest absolute Gasteiger partial charge is 0.317 e. The number of benzene rings is 1. The van der Waals surface area contributed by atoms with Gasteiger partial charge >= 0.3 is 6.03 Å². The van der Waals surface area contributed by atoms with Crippen LogP contribution in [-0.2, 0) is 0 Å². The van der Waals surface area contributed by atoms with Gasteiger partial charge in [-0.2, -0.15) is 0 Å². The van der Waals surface area contributed by atoms with Gasteiger partial charge in [0.05, 0.1) is 6.04 Å². The molecule has 0 bridgehead atoms. The Bertz CT molecular complexity index is 743. The van der Waals surface area contributed by atoms with Gasteiger partial charge in [-0.15, -0.1) is 0 Å². The fourth-order valence-corrected chi connectivity index (χ4v) is 3.37. The van der Waals surface area contributed by atoms with Crippen molar-refractivity contribution in [1.29, 1.82) is 0 Å². The topological polar surface area (TPSA) is 65.7 Å². The van der Waals surface area contributed by atoms with Gasteiger partial charge in [0.15, 0.2) is 0 Å². The lowest BCUT2D eigenvalue weighted by atomic mass is 9.99. The summed E-state index contributed by atoms with van der Waals surface area (Å²) in [5.41, 5.74) is 1.45. The van der Waals surface area contributed by atoms with E-state index in [0.29, 0.717) is 24.4 Å². The maximum Gasteiger partial charge on any atom is 0.317 e. The molecule has 2 unspecified atom stereocenters. The minimum Gasteiger partial charge on any atom is -0.459 e. The number of piperidine rings is 1. The van der Waals surface area contributed by atoms with E-state index >= 15 is 0 Å². The van der Waals surface area contributed by atoms with E-state index in [9.17, 15) is 14.3 Å². The number of urea groups is 1. The molecule has 3 rings (SSSR count). The second-order valence-electron chi connectivity index (χ2n) is 6.54. The summed E-state index contributed by atoms with van der Waals surface area (Å²) >= 11 is 0. The number of hydrogen-bond acceptors (Lipinski definition) is 3. The molecule has 130 valence electrons. The number of nitrogens with zero attached hydrogens (tertiary/aromatic N) is 1. The summed E-state index contributed by atoms with van der Waals surface area (Å²) in [6.07, 6.45) is 1.85. The SMILES string of the molecule is Cc1c(C(C)NC(=O)N2CCCC(CO)C2)oc2ccc(F)cc12. The Hall–Kier alpha value is -2.08. The van der Waals surface area contributed by atoms with Crippen LogP contribution in [0.4, 0.5) is 9.18 Å². The standard InChI is InChI=1S/C18H23FN2O3/c1-11-15-8-14(19)5-6-16(15)24-17(11)12(2)20-18(23)21-7-3-4-13(9-21)10-22/h5-6,8,12-13,22H,3-4,7,9-10H2,1-2H3,(H,20,23). The van der Waals surface area contributed by atoms with Crippen molar-refractivity contribution in [2.24, 2.45) is 5.92 Å². The van der Waals surface area contributed by atoms with E-state index in [0.717, 1.165) is 23.8 Å². The Labute approximate surface area is 140 Å². The Morgan fingerprint density at radius 1 is 1.54 bits per heavy atom. The average molecular weight is 334 g/mol. The highest BCUT2D eigenvalue weighted by atomic mass is 19.1. The molecule has 24 heavy (non-hydrogen) atoms. The maximum absolute atomic E-state index is 13.4. The Kier molecular flexibility index (Phi) is 4.76. The molecule has 1 aromatic carbocycles. The quantitative estimate of drug-likeness (QED) is 0.904. The van der Waals surface area contributed by atoms with Crippen molar-refractivity contribution in [3.05, 3.63) is 35.3 Å². The molecule has 1 aliphatic rings. The predicted octanol–water partition coefficient (Wildman–Crippen LogP) is 3.36. The lowest BCUT2D eigenvalue weighted by Crippen LogP contribution is -2.46. The van der Waals surface area contributed by atoms with Crippen molar-refractivity contribution in [2.75, 3.05) is 19.7 Å². The van der Waals surface area contributed by atoms with E-state index < -0.39 is 0 Å². The molecular formula is C18H23FN2O3. The van der Waals surface area contributed by atoms with E-state index in [1.807, 2.05) is 13.8 Å². The zero-order chi connectivity index (χ0) is 17.3. The lowest BCUT2D eigenvalue weighted by Gasteiger charge is -2.32. The number of furan rings is 1. The van der Waals surface area contributed by atoms with E-state index in [-0.39, 0.29) is 30.4 Å². The van der Waals surface area contributed by atoms with E-state index in [4.69, 9.17) is 4.42 Å². The van der Waals surface area contributed by atoms with Crippen molar-refractivity contribution in [1.82, 2.24) is 10.2 Å². The minimum atomic E-state index is -0.317. The molecule has 1 aliphatic heterocycles. The van der Waals surface area contributed by atoms with Crippen LogP contribution in [0.25, 0.3) is 11.0 Å². The predicted molar refractivity (Wildman–Crippen MR) is 89.2 cm³/mol. The highest BCUT2D eigenvalue weighted by molar-refractivity contribution is 5.82. The summed E-state index contributed by atoms with van der Waals surface area (Å²) in [5.74, 6) is 0.480. The normalized spacial score (nSPS) is 19.5. The molecule has 2 amide bonds. The van der Waals surface area contributed by atoms with Crippen molar-refractivity contribution in [2.45, 2.75) is 32.7 Å². The molecule has 2 N–H and O–H groups in total. The van der Waals surface area contributed by atoms with E-state index in [2.05, 4.69) is 5.32 Å². The molecule has 0 aliphatic carbocycles. The van der Waals surface area contributed by atoms with Gasteiger partial charge in [0.1, 0.15) is 17.2 Å².